The van der Waals surface area contributed by atoms with E-state index >= 15 is 0 Å². The topological polar surface area (TPSA) is 32.9 Å². The van der Waals surface area contributed by atoms with Crippen molar-refractivity contribution in [1.82, 2.24) is 4.98 Å². The third kappa shape index (κ3) is 2.78. The van der Waals surface area contributed by atoms with Gasteiger partial charge in [-0.1, -0.05) is 40.9 Å². The summed E-state index contributed by atoms with van der Waals surface area (Å²) in [6, 6.07) is 12.0. The number of hydrogen-bond acceptors (Lipinski definition) is 1. The van der Waals surface area contributed by atoms with Gasteiger partial charge in [-0.3, -0.25) is 4.79 Å². The lowest BCUT2D eigenvalue weighted by Gasteiger charge is -2.08. The van der Waals surface area contributed by atoms with Gasteiger partial charge in [0, 0.05) is 49.7 Å². The molecule has 2 nitrogen and oxygen atoms in total. The summed E-state index contributed by atoms with van der Waals surface area (Å²) in [5.74, 6) is -0.121. The molecule has 22 heavy (non-hydrogen) atoms. The molecule has 5 heteroatoms. The van der Waals surface area contributed by atoms with E-state index in [9.17, 15) is 4.79 Å². The average molecular weight is 351 g/mol. The molecule has 2 aromatic carbocycles. The molecule has 1 heterocycles. The summed E-state index contributed by atoms with van der Waals surface area (Å²) in [5, 5.41) is 1.58. The SMILES string of the molecule is O=C(c1ccc(Cl)cc1)c1c[nH]cc1-c1c(Cl)cccc1Cl. The minimum Gasteiger partial charge on any atom is -0.366 e. The molecule has 3 aromatic rings. The van der Waals surface area contributed by atoms with Gasteiger partial charge in [0.2, 0.25) is 0 Å². The number of H-pyrrole nitrogens is 1. The first kappa shape index (κ1) is 15.2. The summed E-state index contributed by atoms with van der Waals surface area (Å²) in [6.45, 7) is 0. The standard InChI is InChI=1S/C17H10Cl3NO/c18-11-6-4-10(5-7-11)17(22)13-9-21-8-12(13)16-14(19)2-1-3-15(16)20/h1-9,21H. The molecule has 0 saturated heterocycles. The van der Waals surface area contributed by atoms with E-state index in [1.165, 1.54) is 0 Å². The molecule has 0 saturated carbocycles. The molecular weight excluding hydrogens is 341 g/mol. The van der Waals surface area contributed by atoms with Crippen LogP contribution in [0.2, 0.25) is 15.1 Å². The van der Waals surface area contributed by atoms with Gasteiger partial charge in [0.1, 0.15) is 0 Å². The molecule has 0 atom stereocenters. The van der Waals surface area contributed by atoms with Gasteiger partial charge >= 0.3 is 0 Å². The zero-order valence-corrected chi connectivity index (χ0v) is 13.5. The lowest BCUT2D eigenvalue weighted by molar-refractivity contribution is 0.103. The monoisotopic (exact) mass is 349 g/mol. The fourth-order valence-electron chi connectivity index (χ4n) is 2.27. The second kappa shape index (κ2) is 6.17. The Kier molecular flexibility index (Phi) is 4.25. The van der Waals surface area contributed by atoms with Crippen molar-refractivity contribution in [2.24, 2.45) is 0 Å². The van der Waals surface area contributed by atoms with Crippen molar-refractivity contribution in [2.45, 2.75) is 0 Å². The van der Waals surface area contributed by atoms with Crippen LogP contribution in [0.3, 0.4) is 0 Å². The number of ketones is 1. The van der Waals surface area contributed by atoms with Gasteiger partial charge in [0.25, 0.3) is 0 Å². The van der Waals surface area contributed by atoms with Crippen LogP contribution in [0.4, 0.5) is 0 Å². The Bertz CT molecular complexity index is 817. The fraction of sp³-hybridized carbons (Fsp3) is 0. The summed E-state index contributed by atoms with van der Waals surface area (Å²) >= 11 is 18.3. The molecular formula is C17H10Cl3NO. The lowest BCUT2D eigenvalue weighted by Crippen LogP contribution is -2.01. The molecule has 1 aromatic heterocycles. The maximum absolute atomic E-state index is 12.7. The third-order valence-corrected chi connectivity index (χ3v) is 4.21. The highest BCUT2D eigenvalue weighted by atomic mass is 35.5. The maximum atomic E-state index is 12.7. The van der Waals surface area contributed by atoms with Crippen molar-refractivity contribution >= 4 is 40.6 Å². The molecule has 0 aliphatic carbocycles. The van der Waals surface area contributed by atoms with Crippen molar-refractivity contribution in [3.05, 3.63) is 81.1 Å². The number of benzene rings is 2. The van der Waals surface area contributed by atoms with Crippen LogP contribution in [0.25, 0.3) is 11.1 Å². The second-order valence-corrected chi connectivity index (χ2v) is 5.97. The van der Waals surface area contributed by atoms with Gasteiger partial charge in [-0.25, -0.2) is 0 Å². The van der Waals surface area contributed by atoms with Gasteiger partial charge in [0.05, 0.1) is 0 Å². The molecule has 0 aliphatic rings. The van der Waals surface area contributed by atoms with E-state index in [4.69, 9.17) is 34.8 Å². The third-order valence-electron chi connectivity index (χ3n) is 3.33. The molecule has 0 amide bonds. The van der Waals surface area contributed by atoms with Gasteiger partial charge in [-0.05, 0) is 36.4 Å². The molecule has 0 aliphatic heterocycles. The highest BCUT2D eigenvalue weighted by Gasteiger charge is 2.19. The van der Waals surface area contributed by atoms with Crippen LogP contribution >= 0.6 is 34.8 Å². The molecule has 3 rings (SSSR count). The van der Waals surface area contributed by atoms with Crippen molar-refractivity contribution < 1.29 is 4.79 Å². The Labute approximate surface area is 142 Å². The molecule has 0 bridgehead atoms. The van der Waals surface area contributed by atoms with Crippen molar-refractivity contribution in [3.8, 4) is 11.1 Å². The van der Waals surface area contributed by atoms with E-state index < -0.39 is 0 Å². The van der Waals surface area contributed by atoms with E-state index in [0.717, 1.165) is 0 Å². The number of aromatic amines is 1. The van der Waals surface area contributed by atoms with Crippen LogP contribution in [0.1, 0.15) is 15.9 Å². The Morgan fingerprint density at radius 3 is 2.14 bits per heavy atom. The number of carbonyl (C=O) groups excluding carboxylic acids is 1. The van der Waals surface area contributed by atoms with Gasteiger partial charge < -0.3 is 4.98 Å². The summed E-state index contributed by atoms with van der Waals surface area (Å²) in [4.78, 5) is 15.6. The largest absolute Gasteiger partial charge is 0.366 e. The van der Waals surface area contributed by atoms with Crippen LogP contribution in [0, 0.1) is 0 Å². The van der Waals surface area contributed by atoms with Crippen LogP contribution in [0.5, 0.6) is 0 Å². The highest BCUT2D eigenvalue weighted by molar-refractivity contribution is 6.39. The van der Waals surface area contributed by atoms with Crippen LogP contribution < -0.4 is 0 Å². The molecule has 0 radical (unpaired) electrons. The van der Waals surface area contributed by atoms with E-state index in [0.29, 0.717) is 37.3 Å². The zero-order chi connectivity index (χ0) is 15.7. The summed E-state index contributed by atoms with van der Waals surface area (Å²) in [7, 11) is 0. The smallest absolute Gasteiger partial charge is 0.195 e. The number of nitrogens with one attached hydrogen (secondary N) is 1. The van der Waals surface area contributed by atoms with Crippen LogP contribution in [-0.4, -0.2) is 10.8 Å². The number of carbonyl (C=O) groups is 1. The Morgan fingerprint density at radius 1 is 0.864 bits per heavy atom. The van der Waals surface area contributed by atoms with Crippen LogP contribution in [0.15, 0.2) is 54.9 Å². The number of hydrogen-bond donors (Lipinski definition) is 1. The van der Waals surface area contributed by atoms with Gasteiger partial charge in [0.15, 0.2) is 5.78 Å². The minimum absolute atomic E-state index is 0.121. The summed E-state index contributed by atoms with van der Waals surface area (Å²) in [5.41, 5.74) is 2.38. The Morgan fingerprint density at radius 2 is 1.50 bits per heavy atom. The number of aromatic nitrogens is 1. The second-order valence-electron chi connectivity index (χ2n) is 4.72. The predicted molar refractivity (Wildman–Crippen MR) is 91.1 cm³/mol. The normalized spacial score (nSPS) is 10.7. The molecule has 1 N–H and O–H groups in total. The predicted octanol–water partition coefficient (Wildman–Crippen LogP) is 5.87. The van der Waals surface area contributed by atoms with Gasteiger partial charge in [-0.2, -0.15) is 0 Å². The molecule has 0 unspecified atom stereocenters. The molecule has 110 valence electrons. The van der Waals surface area contributed by atoms with E-state index in [2.05, 4.69) is 4.98 Å². The van der Waals surface area contributed by atoms with Crippen molar-refractivity contribution in [3.63, 3.8) is 0 Å². The van der Waals surface area contributed by atoms with E-state index in [1.54, 1.807) is 54.9 Å². The molecule has 0 fully saturated rings. The Hall–Kier alpha value is -1.74. The molecule has 0 spiro atoms. The minimum atomic E-state index is -0.121. The number of rotatable bonds is 3. The van der Waals surface area contributed by atoms with Gasteiger partial charge in [-0.15, -0.1) is 0 Å². The lowest BCUT2D eigenvalue weighted by atomic mass is 9.98. The quantitative estimate of drug-likeness (QED) is 0.588. The maximum Gasteiger partial charge on any atom is 0.195 e. The summed E-state index contributed by atoms with van der Waals surface area (Å²) in [6.07, 6.45) is 3.36. The highest BCUT2D eigenvalue weighted by Crippen LogP contribution is 2.37. The van der Waals surface area contributed by atoms with E-state index in [1.807, 2.05) is 0 Å². The first-order valence-corrected chi connectivity index (χ1v) is 7.63. The first-order chi connectivity index (χ1) is 10.6. The summed E-state index contributed by atoms with van der Waals surface area (Å²) < 4.78 is 0. The fourth-order valence-corrected chi connectivity index (χ4v) is 3.00. The first-order valence-electron chi connectivity index (χ1n) is 6.49. The Balaban J connectivity index is 2.10. The van der Waals surface area contributed by atoms with Crippen molar-refractivity contribution in [2.75, 3.05) is 0 Å². The van der Waals surface area contributed by atoms with Crippen LogP contribution in [-0.2, 0) is 0 Å². The van der Waals surface area contributed by atoms with E-state index in [-0.39, 0.29) is 5.78 Å². The number of halogens is 3. The zero-order valence-electron chi connectivity index (χ0n) is 11.2. The average Bonchev–Trinajstić information content (AvgIpc) is 2.96. The van der Waals surface area contributed by atoms with Crippen molar-refractivity contribution in [1.29, 1.82) is 0 Å².